The number of H-pyrrole nitrogens is 1. The molecule has 4 aromatic rings. The van der Waals surface area contributed by atoms with E-state index in [0.29, 0.717) is 23.1 Å². The first-order valence-electron chi connectivity index (χ1n) is 9.38. The minimum atomic E-state index is -4.55. The number of aromatic amines is 1. The Morgan fingerprint density at radius 2 is 2.00 bits per heavy atom. The van der Waals surface area contributed by atoms with Gasteiger partial charge in [0.25, 0.3) is 0 Å². The van der Waals surface area contributed by atoms with Crippen molar-refractivity contribution in [3.63, 3.8) is 0 Å². The molecule has 0 aromatic carbocycles. The van der Waals surface area contributed by atoms with Gasteiger partial charge in [-0.3, -0.25) is 9.50 Å². The smallest absolute Gasteiger partial charge is 0.356 e. The average molecular weight is 414 g/mol. The Kier molecular flexibility index (Phi) is 4.19. The van der Waals surface area contributed by atoms with Crippen molar-refractivity contribution in [2.75, 3.05) is 18.0 Å². The SMILES string of the molecule is Cc1[nH]ncc1C1CCN(c2ccnc(-c3cnc4cnc(C(F)(F)F)cn34)n2)C1. The lowest BCUT2D eigenvalue weighted by Crippen LogP contribution is -2.20. The molecule has 154 valence electrons. The van der Waals surface area contributed by atoms with E-state index in [1.165, 1.54) is 16.2 Å². The highest BCUT2D eigenvalue weighted by atomic mass is 19.4. The van der Waals surface area contributed by atoms with Gasteiger partial charge in [-0.1, -0.05) is 0 Å². The minimum Gasteiger partial charge on any atom is -0.356 e. The predicted molar refractivity (Wildman–Crippen MR) is 102 cm³/mol. The monoisotopic (exact) mass is 414 g/mol. The van der Waals surface area contributed by atoms with Gasteiger partial charge in [-0.05, 0) is 25.0 Å². The van der Waals surface area contributed by atoms with Crippen LogP contribution in [0.2, 0.25) is 0 Å². The summed E-state index contributed by atoms with van der Waals surface area (Å²) in [5, 5.41) is 7.07. The molecule has 1 fully saturated rings. The fourth-order valence-corrected chi connectivity index (χ4v) is 3.84. The molecule has 11 heteroatoms. The second-order valence-corrected chi connectivity index (χ2v) is 7.26. The molecule has 0 spiro atoms. The molecule has 30 heavy (non-hydrogen) atoms. The number of anilines is 1. The zero-order valence-corrected chi connectivity index (χ0v) is 15.9. The standard InChI is InChI=1S/C19H17F3N8/c1-11-13(6-26-28-11)12-3-5-29(9-12)16-2-4-23-18(27-16)14-7-25-17-8-24-15(10-30(14)17)19(20,21)22/h2,4,6-8,10,12H,3,5,9H2,1H3,(H,26,28). The Labute approximate surface area is 168 Å². The lowest BCUT2D eigenvalue weighted by Gasteiger charge is -2.18. The van der Waals surface area contributed by atoms with Gasteiger partial charge < -0.3 is 4.90 Å². The first kappa shape index (κ1) is 18.5. The number of hydrogen-bond donors (Lipinski definition) is 1. The molecule has 1 aliphatic heterocycles. The molecule has 1 N–H and O–H groups in total. The van der Waals surface area contributed by atoms with Crippen molar-refractivity contribution in [3.8, 4) is 11.5 Å². The summed E-state index contributed by atoms with van der Waals surface area (Å²) in [5.41, 5.74) is 1.93. The van der Waals surface area contributed by atoms with Crippen LogP contribution in [-0.4, -0.2) is 47.6 Å². The van der Waals surface area contributed by atoms with E-state index >= 15 is 0 Å². The molecule has 1 saturated heterocycles. The van der Waals surface area contributed by atoms with Crippen molar-refractivity contribution in [2.24, 2.45) is 0 Å². The van der Waals surface area contributed by atoms with Crippen LogP contribution in [0.4, 0.5) is 19.0 Å². The van der Waals surface area contributed by atoms with E-state index < -0.39 is 11.9 Å². The maximum absolute atomic E-state index is 13.1. The molecule has 1 aliphatic rings. The molecule has 8 nitrogen and oxygen atoms in total. The Morgan fingerprint density at radius 3 is 2.77 bits per heavy atom. The molecule has 1 unspecified atom stereocenters. The van der Waals surface area contributed by atoms with E-state index in [1.807, 2.05) is 13.1 Å². The zero-order valence-electron chi connectivity index (χ0n) is 15.9. The Bertz CT molecular complexity index is 1210. The van der Waals surface area contributed by atoms with Crippen LogP contribution in [0.3, 0.4) is 0 Å². The van der Waals surface area contributed by atoms with Crippen LogP contribution in [-0.2, 0) is 6.18 Å². The molecule has 1 atom stereocenters. The van der Waals surface area contributed by atoms with Crippen molar-refractivity contribution in [1.82, 2.24) is 34.5 Å². The summed E-state index contributed by atoms with van der Waals surface area (Å²) < 4.78 is 40.5. The summed E-state index contributed by atoms with van der Waals surface area (Å²) in [7, 11) is 0. The number of halogens is 3. The number of aromatic nitrogens is 7. The molecule has 0 bridgehead atoms. The Balaban J connectivity index is 1.46. The molecule has 0 amide bonds. The molecule has 0 saturated carbocycles. The highest BCUT2D eigenvalue weighted by molar-refractivity contribution is 5.58. The van der Waals surface area contributed by atoms with E-state index in [2.05, 4.69) is 35.0 Å². The topological polar surface area (TPSA) is 87.9 Å². The highest BCUT2D eigenvalue weighted by Crippen LogP contribution is 2.32. The predicted octanol–water partition coefficient (Wildman–Crippen LogP) is 3.23. The Morgan fingerprint density at radius 1 is 1.13 bits per heavy atom. The van der Waals surface area contributed by atoms with Gasteiger partial charge in [0.2, 0.25) is 0 Å². The van der Waals surface area contributed by atoms with Crippen molar-refractivity contribution in [2.45, 2.75) is 25.4 Å². The van der Waals surface area contributed by atoms with Gasteiger partial charge in [-0.2, -0.15) is 18.3 Å². The number of nitrogens with zero attached hydrogens (tertiary/aromatic N) is 7. The molecule has 5 rings (SSSR count). The van der Waals surface area contributed by atoms with Crippen molar-refractivity contribution in [3.05, 3.63) is 54.0 Å². The molecule has 0 radical (unpaired) electrons. The summed E-state index contributed by atoms with van der Waals surface area (Å²) in [4.78, 5) is 18.6. The van der Waals surface area contributed by atoms with Gasteiger partial charge in [0.1, 0.15) is 11.5 Å². The second-order valence-electron chi connectivity index (χ2n) is 7.26. The van der Waals surface area contributed by atoms with Crippen LogP contribution >= 0.6 is 0 Å². The van der Waals surface area contributed by atoms with E-state index in [1.54, 1.807) is 12.3 Å². The summed E-state index contributed by atoms with van der Waals surface area (Å²) in [5.74, 6) is 1.38. The van der Waals surface area contributed by atoms with E-state index in [-0.39, 0.29) is 0 Å². The molecular formula is C19H17F3N8. The van der Waals surface area contributed by atoms with Crippen LogP contribution in [0.25, 0.3) is 17.2 Å². The van der Waals surface area contributed by atoms with Crippen LogP contribution in [0.5, 0.6) is 0 Å². The largest absolute Gasteiger partial charge is 0.434 e. The third-order valence-electron chi connectivity index (χ3n) is 5.38. The van der Waals surface area contributed by atoms with Crippen LogP contribution in [0.1, 0.15) is 29.3 Å². The molecule has 5 heterocycles. The highest BCUT2D eigenvalue weighted by Gasteiger charge is 2.33. The summed E-state index contributed by atoms with van der Waals surface area (Å²) in [6, 6.07) is 1.81. The van der Waals surface area contributed by atoms with Crippen molar-refractivity contribution in [1.29, 1.82) is 0 Å². The van der Waals surface area contributed by atoms with E-state index in [9.17, 15) is 13.2 Å². The quantitative estimate of drug-likeness (QED) is 0.554. The zero-order chi connectivity index (χ0) is 20.9. The molecule has 4 aromatic heterocycles. The maximum atomic E-state index is 13.1. The van der Waals surface area contributed by atoms with E-state index in [4.69, 9.17) is 0 Å². The second kappa shape index (κ2) is 6.78. The lowest BCUT2D eigenvalue weighted by atomic mass is 10.00. The van der Waals surface area contributed by atoms with Gasteiger partial charge in [-0.15, -0.1) is 0 Å². The molecule has 0 aliphatic carbocycles. The van der Waals surface area contributed by atoms with Gasteiger partial charge in [0.15, 0.2) is 17.2 Å². The fourth-order valence-electron chi connectivity index (χ4n) is 3.84. The fraction of sp³-hybridized carbons (Fsp3) is 0.316. The van der Waals surface area contributed by atoms with Crippen LogP contribution in [0, 0.1) is 6.92 Å². The summed E-state index contributed by atoms with van der Waals surface area (Å²) in [6.07, 6.45) is 3.36. The van der Waals surface area contributed by atoms with Gasteiger partial charge in [0.05, 0.1) is 18.6 Å². The minimum absolute atomic E-state index is 0.295. The normalized spacial score (nSPS) is 17.2. The van der Waals surface area contributed by atoms with Crippen LogP contribution < -0.4 is 4.90 Å². The van der Waals surface area contributed by atoms with Gasteiger partial charge >= 0.3 is 6.18 Å². The third kappa shape index (κ3) is 3.15. The summed E-state index contributed by atoms with van der Waals surface area (Å²) >= 11 is 0. The number of aryl methyl sites for hydroxylation is 1. The van der Waals surface area contributed by atoms with Crippen molar-refractivity contribution < 1.29 is 13.2 Å². The van der Waals surface area contributed by atoms with Gasteiger partial charge in [-0.25, -0.2) is 19.9 Å². The first-order chi connectivity index (χ1) is 14.4. The third-order valence-corrected chi connectivity index (χ3v) is 5.38. The first-order valence-corrected chi connectivity index (χ1v) is 9.38. The number of nitrogens with one attached hydrogen (secondary N) is 1. The average Bonchev–Trinajstić information content (AvgIpc) is 3.46. The number of rotatable bonds is 3. The van der Waals surface area contributed by atoms with Gasteiger partial charge in [0, 0.05) is 37.1 Å². The number of fused-ring (bicyclic) bond motifs is 1. The lowest BCUT2D eigenvalue weighted by molar-refractivity contribution is -0.141. The molecular weight excluding hydrogens is 397 g/mol. The van der Waals surface area contributed by atoms with Crippen LogP contribution in [0.15, 0.2) is 37.1 Å². The number of hydrogen-bond acceptors (Lipinski definition) is 6. The number of alkyl halides is 3. The maximum Gasteiger partial charge on any atom is 0.434 e. The van der Waals surface area contributed by atoms with E-state index in [0.717, 1.165) is 43.4 Å². The Hall–Kier alpha value is -3.50. The van der Waals surface area contributed by atoms with Crippen molar-refractivity contribution >= 4 is 11.5 Å². The summed E-state index contributed by atoms with van der Waals surface area (Å²) in [6.45, 7) is 3.61. The number of imidazole rings is 1.